The molecule has 1 amide bonds. The van der Waals surface area contributed by atoms with Crippen molar-refractivity contribution in [1.29, 1.82) is 0 Å². The minimum absolute atomic E-state index is 0.129. The summed E-state index contributed by atoms with van der Waals surface area (Å²) in [5, 5.41) is 2.81. The molecular weight excluding hydrogens is 332 g/mol. The van der Waals surface area contributed by atoms with Gasteiger partial charge in [-0.15, -0.1) is 0 Å². The van der Waals surface area contributed by atoms with Gasteiger partial charge in [-0.2, -0.15) is 4.98 Å². The van der Waals surface area contributed by atoms with Crippen molar-refractivity contribution in [3.8, 4) is 11.6 Å². The van der Waals surface area contributed by atoms with Gasteiger partial charge in [-0.1, -0.05) is 12.1 Å². The highest BCUT2D eigenvalue weighted by Gasteiger charge is 2.17. The average molecular weight is 356 g/mol. The first-order chi connectivity index (χ1) is 12.7. The maximum absolute atomic E-state index is 12.2. The van der Waals surface area contributed by atoms with Gasteiger partial charge in [0.15, 0.2) is 6.61 Å². The van der Waals surface area contributed by atoms with E-state index in [1.165, 1.54) is 0 Å². The lowest BCUT2D eigenvalue weighted by Crippen LogP contribution is -2.23. The molecule has 1 saturated heterocycles. The predicted molar refractivity (Wildman–Crippen MR) is 100.0 cm³/mol. The molecule has 1 aliphatic rings. The number of para-hydroxylation sites is 2. The number of hydrogen-bond acceptors (Lipinski definition) is 6. The number of hydrogen-bond donors (Lipinski definition) is 1. The molecule has 26 heavy (non-hydrogen) atoms. The zero-order chi connectivity index (χ0) is 18.4. The first-order valence-corrected chi connectivity index (χ1v) is 8.91. The monoisotopic (exact) mass is 356 g/mol. The maximum Gasteiger partial charge on any atom is 0.262 e. The lowest BCUT2D eigenvalue weighted by atomic mass is 10.3. The number of amides is 1. The van der Waals surface area contributed by atoms with E-state index in [9.17, 15) is 4.79 Å². The number of aryl methyl sites for hydroxylation is 1. The number of ether oxygens (including phenoxy) is 2. The van der Waals surface area contributed by atoms with E-state index in [0.717, 1.165) is 31.6 Å². The van der Waals surface area contributed by atoms with Gasteiger partial charge in [-0.25, -0.2) is 4.98 Å². The van der Waals surface area contributed by atoms with Gasteiger partial charge in [0.05, 0.1) is 12.3 Å². The molecule has 1 aromatic heterocycles. The molecule has 3 rings (SSSR count). The second-order valence-corrected chi connectivity index (χ2v) is 6.11. The summed E-state index contributed by atoms with van der Waals surface area (Å²) in [5.74, 6) is 1.45. The van der Waals surface area contributed by atoms with Crippen molar-refractivity contribution in [1.82, 2.24) is 9.97 Å². The smallest absolute Gasteiger partial charge is 0.262 e. The van der Waals surface area contributed by atoms with Gasteiger partial charge in [0.1, 0.15) is 5.75 Å². The normalized spacial score (nSPS) is 13.5. The lowest BCUT2D eigenvalue weighted by Gasteiger charge is -2.16. The van der Waals surface area contributed by atoms with Gasteiger partial charge in [-0.05, 0) is 38.8 Å². The van der Waals surface area contributed by atoms with Crippen molar-refractivity contribution < 1.29 is 14.3 Å². The SMILES string of the molecule is CCOc1ccccc1NC(=O)COc1cc(C)nc(N2CCCC2)n1. The summed E-state index contributed by atoms with van der Waals surface area (Å²) in [6.07, 6.45) is 2.30. The molecule has 1 aliphatic heterocycles. The summed E-state index contributed by atoms with van der Waals surface area (Å²) in [7, 11) is 0. The Labute approximate surface area is 153 Å². The molecular formula is C19H24N4O3. The summed E-state index contributed by atoms with van der Waals surface area (Å²) in [5.41, 5.74) is 1.44. The minimum atomic E-state index is -0.267. The van der Waals surface area contributed by atoms with Crippen molar-refractivity contribution in [2.24, 2.45) is 0 Å². The van der Waals surface area contributed by atoms with Crippen LogP contribution in [-0.4, -0.2) is 42.2 Å². The van der Waals surface area contributed by atoms with Crippen LogP contribution in [0.4, 0.5) is 11.6 Å². The van der Waals surface area contributed by atoms with Crippen LogP contribution in [0.25, 0.3) is 0 Å². The molecule has 0 unspecified atom stereocenters. The number of carbonyl (C=O) groups is 1. The number of nitrogens with zero attached hydrogens (tertiary/aromatic N) is 3. The largest absolute Gasteiger partial charge is 0.492 e. The fourth-order valence-electron chi connectivity index (χ4n) is 2.83. The molecule has 7 nitrogen and oxygen atoms in total. The quantitative estimate of drug-likeness (QED) is 0.822. The Balaban J connectivity index is 1.61. The van der Waals surface area contributed by atoms with Crippen molar-refractivity contribution in [3.63, 3.8) is 0 Å². The maximum atomic E-state index is 12.2. The Bertz CT molecular complexity index is 760. The van der Waals surface area contributed by atoms with E-state index in [0.29, 0.717) is 29.9 Å². The van der Waals surface area contributed by atoms with E-state index in [1.807, 2.05) is 32.0 Å². The second-order valence-electron chi connectivity index (χ2n) is 6.11. The summed E-state index contributed by atoms with van der Waals surface area (Å²) in [6, 6.07) is 9.05. The molecule has 1 fully saturated rings. The van der Waals surface area contributed by atoms with Crippen LogP contribution < -0.4 is 19.7 Å². The van der Waals surface area contributed by atoms with E-state index < -0.39 is 0 Å². The predicted octanol–water partition coefficient (Wildman–Crippen LogP) is 2.80. The molecule has 0 atom stereocenters. The third-order valence-corrected chi connectivity index (χ3v) is 4.02. The number of anilines is 2. The Morgan fingerprint density at radius 3 is 2.73 bits per heavy atom. The van der Waals surface area contributed by atoms with Gasteiger partial charge >= 0.3 is 0 Å². The zero-order valence-corrected chi connectivity index (χ0v) is 15.2. The van der Waals surface area contributed by atoms with Crippen LogP contribution in [0.1, 0.15) is 25.5 Å². The summed E-state index contributed by atoms with van der Waals surface area (Å²) >= 11 is 0. The first kappa shape index (κ1) is 18.0. The van der Waals surface area contributed by atoms with Crippen molar-refractivity contribution in [2.45, 2.75) is 26.7 Å². The third kappa shape index (κ3) is 4.62. The number of nitrogens with one attached hydrogen (secondary N) is 1. The number of carbonyl (C=O) groups excluding carboxylic acids is 1. The molecule has 1 aromatic carbocycles. The van der Waals surface area contributed by atoms with Gasteiger partial charge in [0.2, 0.25) is 11.8 Å². The highest BCUT2D eigenvalue weighted by Crippen LogP contribution is 2.24. The average Bonchev–Trinajstić information content (AvgIpc) is 3.16. The highest BCUT2D eigenvalue weighted by molar-refractivity contribution is 5.93. The van der Waals surface area contributed by atoms with Crippen LogP contribution in [-0.2, 0) is 4.79 Å². The summed E-state index contributed by atoms with van der Waals surface area (Å²) < 4.78 is 11.1. The standard InChI is InChI=1S/C19H24N4O3/c1-3-25-16-9-5-4-8-15(16)21-17(24)13-26-18-12-14(2)20-19(22-18)23-10-6-7-11-23/h4-5,8-9,12H,3,6-7,10-11,13H2,1-2H3,(H,21,24). The van der Waals surface area contributed by atoms with Gasteiger partial charge in [-0.3, -0.25) is 4.79 Å². The van der Waals surface area contributed by atoms with E-state index in [2.05, 4.69) is 20.2 Å². The number of aromatic nitrogens is 2. The fourth-order valence-corrected chi connectivity index (χ4v) is 2.83. The lowest BCUT2D eigenvalue weighted by molar-refractivity contribution is -0.118. The van der Waals surface area contributed by atoms with Crippen LogP contribution in [0.3, 0.4) is 0 Å². The molecule has 0 radical (unpaired) electrons. The van der Waals surface area contributed by atoms with Crippen LogP contribution in [0.15, 0.2) is 30.3 Å². The van der Waals surface area contributed by atoms with Gasteiger partial charge in [0, 0.05) is 24.8 Å². The van der Waals surface area contributed by atoms with Gasteiger partial charge in [0.25, 0.3) is 5.91 Å². The number of benzene rings is 1. The highest BCUT2D eigenvalue weighted by atomic mass is 16.5. The second kappa shape index (κ2) is 8.51. The molecule has 0 saturated carbocycles. The molecule has 0 bridgehead atoms. The van der Waals surface area contributed by atoms with E-state index in [-0.39, 0.29) is 12.5 Å². The summed E-state index contributed by atoms with van der Waals surface area (Å²) in [4.78, 5) is 23.2. The summed E-state index contributed by atoms with van der Waals surface area (Å²) in [6.45, 7) is 6.11. The third-order valence-electron chi connectivity index (χ3n) is 4.02. The Morgan fingerprint density at radius 2 is 1.96 bits per heavy atom. The minimum Gasteiger partial charge on any atom is -0.492 e. The Hall–Kier alpha value is -2.83. The molecule has 0 aliphatic carbocycles. The molecule has 2 aromatic rings. The zero-order valence-electron chi connectivity index (χ0n) is 15.2. The molecule has 0 spiro atoms. The van der Waals surface area contributed by atoms with Gasteiger partial charge < -0.3 is 19.7 Å². The van der Waals surface area contributed by atoms with E-state index >= 15 is 0 Å². The molecule has 7 heteroatoms. The molecule has 138 valence electrons. The van der Waals surface area contributed by atoms with Crippen LogP contribution in [0.5, 0.6) is 11.6 Å². The first-order valence-electron chi connectivity index (χ1n) is 8.91. The van der Waals surface area contributed by atoms with Crippen molar-refractivity contribution >= 4 is 17.5 Å². The Kier molecular flexibility index (Phi) is 5.88. The van der Waals surface area contributed by atoms with Crippen LogP contribution in [0, 0.1) is 6.92 Å². The van der Waals surface area contributed by atoms with Crippen molar-refractivity contribution in [3.05, 3.63) is 36.0 Å². The fraction of sp³-hybridized carbons (Fsp3) is 0.421. The van der Waals surface area contributed by atoms with E-state index in [4.69, 9.17) is 9.47 Å². The van der Waals surface area contributed by atoms with Crippen LogP contribution in [0.2, 0.25) is 0 Å². The van der Waals surface area contributed by atoms with Crippen LogP contribution >= 0.6 is 0 Å². The molecule has 1 N–H and O–H groups in total. The Morgan fingerprint density at radius 1 is 1.19 bits per heavy atom. The van der Waals surface area contributed by atoms with E-state index in [1.54, 1.807) is 12.1 Å². The molecule has 2 heterocycles. The topological polar surface area (TPSA) is 76.6 Å². The number of rotatable bonds is 7. The van der Waals surface area contributed by atoms with Crippen molar-refractivity contribution in [2.75, 3.05) is 36.5 Å².